The maximum absolute atomic E-state index is 6.24. The van der Waals surface area contributed by atoms with E-state index < -0.39 is 0 Å². The Kier molecular flexibility index (Phi) is 4.31. The first kappa shape index (κ1) is 12.7. The van der Waals surface area contributed by atoms with E-state index in [0.717, 1.165) is 22.3 Å². The van der Waals surface area contributed by atoms with Crippen molar-refractivity contribution in [2.45, 2.75) is 25.8 Å². The lowest BCUT2D eigenvalue weighted by Crippen LogP contribution is -2.16. The largest absolute Gasteiger partial charge is 0.322 e. The fraction of sp³-hybridized carbons (Fsp3) is 0.308. The molecule has 2 nitrogen and oxygen atoms in total. The molecular weight excluding hydrogens is 296 g/mol. The Hall–Kier alpha value is -0.710. The second-order valence-electron chi connectivity index (χ2n) is 3.92. The van der Waals surface area contributed by atoms with Crippen molar-refractivity contribution in [3.8, 4) is 0 Å². The van der Waals surface area contributed by atoms with Gasteiger partial charge in [0, 0.05) is 17.5 Å². The molecule has 0 aliphatic rings. The number of nitrogens with two attached hydrogens (primary N) is 1. The average Bonchev–Trinajstić information content (AvgIpc) is 2.74. The maximum Gasteiger partial charge on any atom is 0.0701 e. The average molecular weight is 311 g/mol. The molecular formula is C13H15BrN2S. The van der Waals surface area contributed by atoms with E-state index in [0.29, 0.717) is 0 Å². The zero-order valence-electron chi connectivity index (χ0n) is 9.69. The fourth-order valence-corrected chi connectivity index (χ4v) is 3.40. The molecule has 0 saturated carbocycles. The predicted octanol–water partition coefficient (Wildman–Crippen LogP) is 3.71. The highest BCUT2D eigenvalue weighted by atomic mass is 79.9. The summed E-state index contributed by atoms with van der Waals surface area (Å²) in [5, 5.41) is 0. The van der Waals surface area contributed by atoms with E-state index in [2.05, 4.69) is 46.0 Å². The van der Waals surface area contributed by atoms with E-state index in [1.54, 1.807) is 11.3 Å². The van der Waals surface area contributed by atoms with Crippen LogP contribution in [-0.2, 0) is 12.8 Å². The summed E-state index contributed by atoms with van der Waals surface area (Å²) in [6.45, 7) is 2.13. The van der Waals surface area contributed by atoms with E-state index in [9.17, 15) is 0 Å². The summed E-state index contributed by atoms with van der Waals surface area (Å²) in [6, 6.07) is 8.23. The van der Waals surface area contributed by atoms with Gasteiger partial charge in [0.05, 0.1) is 15.5 Å². The Morgan fingerprint density at radius 2 is 2.24 bits per heavy atom. The maximum atomic E-state index is 6.24. The predicted molar refractivity (Wildman–Crippen MR) is 76.3 cm³/mol. The minimum atomic E-state index is -0.0169. The first-order valence-corrected chi connectivity index (χ1v) is 7.25. The van der Waals surface area contributed by atoms with Crippen LogP contribution in [0.5, 0.6) is 0 Å². The monoisotopic (exact) mass is 310 g/mol. The topological polar surface area (TPSA) is 38.9 Å². The standard InChI is InChI=1S/C13H15BrN2S/c1-2-9-4-3-7-16-13(9)11(15)8-10-5-6-12(14)17-10/h3-7,11H,2,8,15H2,1H3. The van der Waals surface area contributed by atoms with E-state index in [-0.39, 0.29) is 6.04 Å². The minimum absolute atomic E-state index is 0.0169. The van der Waals surface area contributed by atoms with Gasteiger partial charge in [0.15, 0.2) is 0 Å². The van der Waals surface area contributed by atoms with Gasteiger partial charge in [-0.15, -0.1) is 11.3 Å². The normalized spacial score (nSPS) is 12.6. The molecule has 0 saturated heterocycles. The SMILES string of the molecule is CCc1cccnc1C(N)Cc1ccc(Br)s1. The van der Waals surface area contributed by atoms with E-state index in [1.807, 2.05) is 12.3 Å². The highest BCUT2D eigenvalue weighted by molar-refractivity contribution is 9.11. The summed E-state index contributed by atoms with van der Waals surface area (Å²) in [6.07, 6.45) is 3.64. The molecule has 0 radical (unpaired) electrons. The number of pyridine rings is 1. The van der Waals surface area contributed by atoms with Gasteiger partial charge in [-0.3, -0.25) is 4.98 Å². The number of halogens is 1. The van der Waals surface area contributed by atoms with Crippen molar-refractivity contribution < 1.29 is 0 Å². The number of thiophene rings is 1. The molecule has 2 N–H and O–H groups in total. The van der Waals surface area contributed by atoms with Crippen LogP contribution >= 0.6 is 27.3 Å². The van der Waals surface area contributed by atoms with E-state index >= 15 is 0 Å². The molecule has 1 unspecified atom stereocenters. The Morgan fingerprint density at radius 1 is 1.41 bits per heavy atom. The van der Waals surface area contributed by atoms with Crippen molar-refractivity contribution in [1.29, 1.82) is 0 Å². The van der Waals surface area contributed by atoms with Crippen molar-refractivity contribution in [3.63, 3.8) is 0 Å². The van der Waals surface area contributed by atoms with Crippen molar-refractivity contribution in [2.75, 3.05) is 0 Å². The summed E-state index contributed by atoms with van der Waals surface area (Å²) in [4.78, 5) is 5.71. The molecule has 0 fully saturated rings. The van der Waals surface area contributed by atoms with Gasteiger partial charge in [0.2, 0.25) is 0 Å². The first-order valence-electron chi connectivity index (χ1n) is 5.64. The number of aromatic nitrogens is 1. The van der Waals surface area contributed by atoms with Gasteiger partial charge in [-0.05, 0) is 46.1 Å². The molecule has 2 rings (SSSR count). The summed E-state index contributed by atoms with van der Waals surface area (Å²) >= 11 is 5.20. The highest BCUT2D eigenvalue weighted by Gasteiger charge is 2.13. The van der Waals surface area contributed by atoms with Gasteiger partial charge < -0.3 is 5.73 Å². The number of rotatable bonds is 4. The number of hydrogen-bond donors (Lipinski definition) is 1. The Bertz CT molecular complexity index is 496. The van der Waals surface area contributed by atoms with Crippen molar-refractivity contribution in [3.05, 3.63) is 50.4 Å². The molecule has 17 heavy (non-hydrogen) atoms. The minimum Gasteiger partial charge on any atom is -0.322 e. The summed E-state index contributed by atoms with van der Waals surface area (Å²) < 4.78 is 1.15. The van der Waals surface area contributed by atoms with Gasteiger partial charge in [-0.2, -0.15) is 0 Å². The Labute approximate surface area is 114 Å². The van der Waals surface area contributed by atoms with Crippen LogP contribution in [0.15, 0.2) is 34.2 Å². The molecule has 2 aromatic rings. The van der Waals surface area contributed by atoms with Gasteiger partial charge in [-0.25, -0.2) is 0 Å². The summed E-state index contributed by atoms with van der Waals surface area (Å²) in [7, 11) is 0. The Morgan fingerprint density at radius 3 is 2.88 bits per heavy atom. The third-order valence-electron chi connectivity index (χ3n) is 2.71. The number of aryl methyl sites for hydroxylation is 1. The molecule has 0 aromatic carbocycles. The zero-order valence-corrected chi connectivity index (χ0v) is 12.1. The van der Waals surface area contributed by atoms with Crippen LogP contribution in [-0.4, -0.2) is 4.98 Å². The van der Waals surface area contributed by atoms with Crippen molar-refractivity contribution >= 4 is 27.3 Å². The van der Waals surface area contributed by atoms with Gasteiger partial charge >= 0.3 is 0 Å². The molecule has 2 heterocycles. The Balaban J connectivity index is 2.16. The van der Waals surface area contributed by atoms with Crippen LogP contribution in [0.1, 0.15) is 29.1 Å². The van der Waals surface area contributed by atoms with Crippen LogP contribution in [0, 0.1) is 0 Å². The van der Waals surface area contributed by atoms with E-state index in [4.69, 9.17) is 5.73 Å². The lowest BCUT2D eigenvalue weighted by molar-refractivity contribution is 0.692. The zero-order chi connectivity index (χ0) is 12.3. The molecule has 0 aliphatic carbocycles. The molecule has 0 amide bonds. The van der Waals surface area contributed by atoms with Gasteiger partial charge in [0.25, 0.3) is 0 Å². The quantitative estimate of drug-likeness (QED) is 0.935. The van der Waals surface area contributed by atoms with Crippen LogP contribution in [0.4, 0.5) is 0 Å². The smallest absolute Gasteiger partial charge is 0.0701 e. The molecule has 1 atom stereocenters. The van der Waals surface area contributed by atoms with Crippen LogP contribution < -0.4 is 5.73 Å². The fourth-order valence-electron chi connectivity index (χ4n) is 1.86. The van der Waals surface area contributed by atoms with Crippen LogP contribution in [0.25, 0.3) is 0 Å². The van der Waals surface area contributed by atoms with Gasteiger partial charge in [0.1, 0.15) is 0 Å². The highest BCUT2D eigenvalue weighted by Crippen LogP contribution is 2.26. The van der Waals surface area contributed by atoms with Gasteiger partial charge in [-0.1, -0.05) is 13.0 Å². The lowest BCUT2D eigenvalue weighted by atomic mass is 10.0. The van der Waals surface area contributed by atoms with Crippen molar-refractivity contribution in [1.82, 2.24) is 4.98 Å². The second-order valence-corrected chi connectivity index (χ2v) is 6.47. The van der Waals surface area contributed by atoms with E-state index in [1.165, 1.54) is 10.4 Å². The molecule has 0 aliphatic heterocycles. The van der Waals surface area contributed by atoms with Crippen LogP contribution in [0.3, 0.4) is 0 Å². The summed E-state index contributed by atoms with van der Waals surface area (Å²) in [5.74, 6) is 0. The molecule has 0 bridgehead atoms. The second kappa shape index (κ2) is 5.76. The van der Waals surface area contributed by atoms with Crippen LogP contribution in [0.2, 0.25) is 0 Å². The molecule has 4 heteroatoms. The molecule has 90 valence electrons. The summed E-state index contributed by atoms with van der Waals surface area (Å²) in [5.41, 5.74) is 8.51. The third-order valence-corrected chi connectivity index (χ3v) is 4.35. The molecule has 2 aromatic heterocycles. The van der Waals surface area contributed by atoms with Crippen molar-refractivity contribution in [2.24, 2.45) is 5.73 Å². The third kappa shape index (κ3) is 3.15. The first-order chi connectivity index (χ1) is 8.20. The number of nitrogens with zero attached hydrogens (tertiary/aromatic N) is 1. The number of hydrogen-bond acceptors (Lipinski definition) is 3. The molecule has 0 spiro atoms. The lowest BCUT2D eigenvalue weighted by Gasteiger charge is -2.13.